The quantitative estimate of drug-likeness (QED) is 0.572. The van der Waals surface area contributed by atoms with Gasteiger partial charge in [-0.3, -0.25) is 9.59 Å². The number of hydrogen-bond acceptors (Lipinski definition) is 6. The maximum Gasteiger partial charge on any atom is 0.358 e. The normalized spacial score (nSPS) is 11.9. The molecule has 0 aliphatic heterocycles. The van der Waals surface area contributed by atoms with E-state index in [4.69, 9.17) is 9.47 Å². The van der Waals surface area contributed by atoms with E-state index >= 15 is 0 Å². The number of esters is 1. The number of carbonyl (C=O) groups excluding carboxylic acids is 2. The maximum absolute atomic E-state index is 12.2. The molecule has 0 radical (unpaired) electrons. The fourth-order valence-electron chi connectivity index (χ4n) is 1.88. The summed E-state index contributed by atoms with van der Waals surface area (Å²) in [6.07, 6.45) is 1.09. The summed E-state index contributed by atoms with van der Waals surface area (Å²) in [7, 11) is 3.99. The van der Waals surface area contributed by atoms with Crippen molar-refractivity contribution in [1.29, 1.82) is 0 Å². The molecule has 1 rings (SSSR count). The third-order valence-corrected chi connectivity index (χ3v) is 3.06. The Hall–Kier alpha value is -2.15. The molecule has 0 amide bonds. The van der Waals surface area contributed by atoms with Crippen LogP contribution in [0.15, 0.2) is 11.0 Å². The molecule has 1 aromatic rings. The maximum atomic E-state index is 12.2. The van der Waals surface area contributed by atoms with Gasteiger partial charge in [-0.25, -0.2) is 4.79 Å². The van der Waals surface area contributed by atoms with Crippen LogP contribution in [0.4, 0.5) is 0 Å². The Kier molecular flexibility index (Phi) is 5.66. The number of methoxy groups -OCH3 is 3. The summed E-state index contributed by atoms with van der Waals surface area (Å²) in [6.45, 7) is 3.33. The summed E-state index contributed by atoms with van der Waals surface area (Å²) < 4.78 is 16.3. The Morgan fingerprint density at radius 2 is 1.90 bits per heavy atom. The van der Waals surface area contributed by atoms with Gasteiger partial charge in [0.15, 0.2) is 17.2 Å². The predicted molar refractivity (Wildman–Crippen MR) is 75.1 cm³/mol. The molecular formula is C14H19NO6. The first-order valence-electron chi connectivity index (χ1n) is 6.30. The third kappa shape index (κ3) is 3.49. The van der Waals surface area contributed by atoms with Crippen molar-refractivity contribution in [3.05, 3.63) is 27.7 Å². The molecule has 7 nitrogen and oxygen atoms in total. The Morgan fingerprint density at radius 1 is 1.29 bits per heavy atom. The lowest BCUT2D eigenvalue weighted by atomic mass is 10.1. The monoisotopic (exact) mass is 297 g/mol. The zero-order valence-corrected chi connectivity index (χ0v) is 12.8. The average molecular weight is 297 g/mol. The van der Waals surface area contributed by atoms with Crippen LogP contribution in [0.5, 0.6) is 5.75 Å². The number of nitrogens with zero attached hydrogens (tertiary/aromatic N) is 1. The summed E-state index contributed by atoms with van der Waals surface area (Å²) in [6, 6.07) is 0. The highest BCUT2D eigenvalue weighted by molar-refractivity contribution is 5.96. The van der Waals surface area contributed by atoms with Gasteiger partial charge in [-0.15, -0.1) is 0 Å². The molecule has 0 saturated carbocycles. The highest BCUT2D eigenvalue weighted by Gasteiger charge is 2.25. The Balaban J connectivity index is 3.64. The van der Waals surface area contributed by atoms with E-state index in [9.17, 15) is 14.4 Å². The number of Topliss-reactive ketones (excluding diaryl/α,β-unsaturated/α-hetero) is 1. The van der Waals surface area contributed by atoms with Crippen molar-refractivity contribution in [2.24, 2.45) is 0 Å². The van der Waals surface area contributed by atoms with Crippen LogP contribution in [-0.2, 0) is 16.0 Å². The summed E-state index contributed by atoms with van der Waals surface area (Å²) in [5, 5.41) is 0. The van der Waals surface area contributed by atoms with Crippen molar-refractivity contribution >= 4 is 11.8 Å². The van der Waals surface area contributed by atoms with Gasteiger partial charge in [-0.1, -0.05) is 0 Å². The topological polar surface area (TPSA) is 83.8 Å². The molecule has 116 valence electrons. The van der Waals surface area contributed by atoms with Gasteiger partial charge in [0, 0.05) is 19.9 Å². The highest BCUT2D eigenvalue weighted by atomic mass is 16.5. The Bertz CT molecular complexity index is 604. The van der Waals surface area contributed by atoms with Gasteiger partial charge in [-0.2, -0.15) is 0 Å². The van der Waals surface area contributed by atoms with Gasteiger partial charge >= 0.3 is 5.97 Å². The summed E-state index contributed by atoms with van der Waals surface area (Å²) in [4.78, 5) is 35.7. The predicted octanol–water partition coefficient (Wildman–Crippen LogP) is 0.881. The van der Waals surface area contributed by atoms with Crippen LogP contribution in [0.1, 0.15) is 34.7 Å². The third-order valence-electron chi connectivity index (χ3n) is 3.06. The first kappa shape index (κ1) is 16.9. The van der Waals surface area contributed by atoms with Gasteiger partial charge in [-0.05, 0) is 13.8 Å². The first-order valence-corrected chi connectivity index (χ1v) is 6.30. The molecule has 0 saturated heterocycles. The largest absolute Gasteiger partial charge is 0.491 e. The standard InChI is InChI=1S/C14H19NO6/c1-8(19-3)6-15-7-10(9(2)16)12(17)13(20-4)11(15)14(18)21-5/h7-8H,6H2,1-5H3. The zero-order chi connectivity index (χ0) is 16.2. The number of pyridine rings is 1. The van der Waals surface area contributed by atoms with Gasteiger partial charge in [0.05, 0.1) is 25.9 Å². The van der Waals surface area contributed by atoms with Gasteiger partial charge < -0.3 is 18.8 Å². The van der Waals surface area contributed by atoms with E-state index in [0.717, 1.165) is 0 Å². The van der Waals surface area contributed by atoms with E-state index in [1.54, 1.807) is 6.92 Å². The van der Waals surface area contributed by atoms with Gasteiger partial charge in [0.2, 0.25) is 5.43 Å². The fraction of sp³-hybridized carbons (Fsp3) is 0.500. The number of aromatic nitrogens is 1. The molecule has 21 heavy (non-hydrogen) atoms. The Labute approximate surface area is 122 Å². The van der Waals surface area contributed by atoms with Crippen molar-refractivity contribution in [3.63, 3.8) is 0 Å². The van der Waals surface area contributed by atoms with E-state index < -0.39 is 17.2 Å². The SMILES string of the molecule is COC(=O)c1c(OC)c(=O)c(C(C)=O)cn1CC(C)OC. The van der Waals surface area contributed by atoms with Crippen molar-refractivity contribution in [1.82, 2.24) is 4.57 Å². The van der Waals surface area contributed by atoms with Gasteiger partial charge in [0.1, 0.15) is 0 Å². The molecule has 1 heterocycles. The summed E-state index contributed by atoms with van der Waals surface area (Å²) >= 11 is 0. The molecule has 1 aromatic heterocycles. The zero-order valence-electron chi connectivity index (χ0n) is 12.8. The van der Waals surface area contributed by atoms with Crippen LogP contribution < -0.4 is 10.2 Å². The van der Waals surface area contributed by atoms with Crippen LogP contribution >= 0.6 is 0 Å². The van der Waals surface area contributed by atoms with Crippen molar-refractivity contribution in [3.8, 4) is 5.75 Å². The minimum atomic E-state index is -0.720. The number of ether oxygens (including phenoxy) is 3. The van der Waals surface area contributed by atoms with E-state index in [1.807, 2.05) is 0 Å². The van der Waals surface area contributed by atoms with Crippen molar-refractivity contribution < 1.29 is 23.8 Å². The molecular weight excluding hydrogens is 278 g/mol. The number of ketones is 1. The van der Waals surface area contributed by atoms with E-state index in [2.05, 4.69) is 4.74 Å². The molecule has 0 fully saturated rings. The second kappa shape index (κ2) is 7.03. The van der Waals surface area contributed by atoms with Gasteiger partial charge in [0.25, 0.3) is 0 Å². The van der Waals surface area contributed by atoms with E-state index in [0.29, 0.717) is 0 Å². The minimum Gasteiger partial charge on any atom is -0.491 e. The van der Waals surface area contributed by atoms with Crippen LogP contribution in [-0.4, -0.2) is 43.8 Å². The molecule has 1 atom stereocenters. The van der Waals surface area contributed by atoms with Crippen LogP contribution in [0.3, 0.4) is 0 Å². The minimum absolute atomic E-state index is 0.0427. The second-order valence-corrected chi connectivity index (χ2v) is 4.50. The lowest BCUT2D eigenvalue weighted by molar-refractivity contribution is 0.0570. The lowest BCUT2D eigenvalue weighted by Gasteiger charge is -2.19. The van der Waals surface area contributed by atoms with Crippen molar-refractivity contribution in [2.45, 2.75) is 26.5 Å². The van der Waals surface area contributed by atoms with Crippen LogP contribution in [0.2, 0.25) is 0 Å². The second-order valence-electron chi connectivity index (χ2n) is 4.50. The molecule has 7 heteroatoms. The van der Waals surface area contributed by atoms with Crippen LogP contribution in [0.25, 0.3) is 0 Å². The van der Waals surface area contributed by atoms with E-state index in [1.165, 1.54) is 39.0 Å². The summed E-state index contributed by atoms with van der Waals surface area (Å²) in [5.41, 5.74) is -0.728. The lowest BCUT2D eigenvalue weighted by Crippen LogP contribution is -2.28. The molecule has 0 bridgehead atoms. The van der Waals surface area contributed by atoms with Crippen LogP contribution in [0, 0.1) is 0 Å². The molecule has 0 spiro atoms. The van der Waals surface area contributed by atoms with E-state index in [-0.39, 0.29) is 29.7 Å². The molecule has 0 aromatic carbocycles. The number of hydrogen-bond donors (Lipinski definition) is 0. The number of carbonyl (C=O) groups is 2. The molecule has 0 N–H and O–H groups in total. The molecule has 0 aliphatic rings. The molecule has 0 aliphatic carbocycles. The molecule has 1 unspecified atom stereocenters. The first-order chi connectivity index (χ1) is 9.87. The highest BCUT2D eigenvalue weighted by Crippen LogP contribution is 2.17. The smallest absolute Gasteiger partial charge is 0.358 e. The fourth-order valence-corrected chi connectivity index (χ4v) is 1.88. The Morgan fingerprint density at radius 3 is 2.33 bits per heavy atom. The average Bonchev–Trinajstić information content (AvgIpc) is 2.46. The summed E-state index contributed by atoms with van der Waals surface area (Å²) in [5.74, 6) is -1.34. The number of rotatable bonds is 6. The van der Waals surface area contributed by atoms with Crippen molar-refractivity contribution in [2.75, 3.05) is 21.3 Å².